The average molecular weight is 401 g/mol. The van der Waals surface area contributed by atoms with Crippen molar-refractivity contribution in [2.24, 2.45) is 0 Å². The monoisotopic (exact) mass is 400 g/mol. The lowest BCUT2D eigenvalue weighted by atomic mass is 10.1. The Bertz CT molecular complexity index is 1070. The fourth-order valence-corrected chi connectivity index (χ4v) is 3.60. The van der Waals surface area contributed by atoms with Crippen molar-refractivity contribution in [3.05, 3.63) is 80.9 Å². The van der Waals surface area contributed by atoms with Gasteiger partial charge in [0, 0.05) is 49.4 Å². The van der Waals surface area contributed by atoms with Gasteiger partial charge in [-0.3, -0.25) is 14.5 Å². The zero-order chi connectivity index (χ0) is 19.7. The smallest absolute Gasteiger partial charge is 0.289 e. The molecule has 5 nitrogen and oxygen atoms in total. The average Bonchev–Trinajstić information content (AvgIpc) is 2.71. The van der Waals surface area contributed by atoms with Crippen LogP contribution in [-0.4, -0.2) is 41.9 Å². The van der Waals surface area contributed by atoms with Crippen LogP contribution in [0, 0.1) is 5.82 Å². The van der Waals surface area contributed by atoms with Crippen LogP contribution in [0.5, 0.6) is 0 Å². The van der Waals surface area contributed by atoms with E-state index in [1.807, 2.05) is 4.90 Å². The normalized spacial score (nSPS) is 15.1. The maximum Gasteiger partial charge on any atom is 0.289 e. The first-order valence-corrected chi connectivity index (χ1v) is 9.38. The van der Waals surface area contributed by atoms with Crippen molar-refractivity contribution in [1.29, 1.82) is 0 Å². The Labute approximate surface area is 165 Å². The van der Waals surface area contributed by atoms with Gasteiger partial charge in [0.2, 0.25) is 0 Å². The van der Waals surface area contributed by atoms with Crippen LogP contribution in [0.25, 0.3) is 11.0 Å². The first kappa shape index (κ1) is 18.7. The van der Waals surface area contributed by atoms with Gasteiger partial charge < -0.3 is 9.32 Å². The summed E-state index contributed by atoms with van der Waals surface area (Å²) < 4.78 is 19.6. The Balaban J connectivity index is 1.45. The van der Waals surface area contributed by atoms with E-state index in [0.717, 1.165) is 0 Å². The minimum Gasteiger partial charge on any atom is -0.451 e. The topological polar surface area (TPSA) is 53.8 Å². The summed E-state index contributed by atoms with van der Waals surface area (Å²) >= 11 is 6.10. The van der Waals surface area contributed by atoms with E-state index in [2.05, 4.69) is 0 Å². The van der Waals surface area contributed by atoms with Gasteiger partial charge in [-0.15, -0.1) is 0 Å². The van der Waals surface area contributed by atoms with Crippen molar-refractivity contribution >= 4 is 28.5 Å². The van der Waals surface area contributed by atoms with Crippen LogP contribution < -0.4 is 5.43 Å². The number of hydrogen-bond acceptors (Lipinski definition) is 4. The Morgan fingerprint density at radius 2 is 1.82 bits per heavy atom. The van der Waals surface area contributed by atoms with Crippen LogP contribution in [0.1, 0.15) is 16.1 Å². The highest BCUT2D eigenvalue weighted by Gasteiger charge is 2.25. The molecule has 1 fully saturated rings. The Morgan fingerprint density at radius 1 is 1.07 bits per heavy atom. The number of benzene rings is 2. The first-order valence-electron chi connectivity index (χ1n) is 9.00. The van der Waals surface area contributed by atoms with Gasteiger partial charge in [-0.2, -0.15) is 0 Å². The lowest BCUT2D eigenvalue weighted by Crippen LogP contribution is -2.48. The molecule has 0 bridgehead atoms. The summed E-state index contributed by atoms with van der Waals surface area (Å²) in [7, 11) is 0. The molecule has 1 saturated heterocycles. The van der Waals surface area contributed by atoms with Gasteiger partial charge in [0.1, 0.15) is 11.4 Å². The maximum absolute atomic E-state index is 14.0. The highest BCUT2D eigenvalue weighted by Crippen LogP contribution is 2.22. The molecule has 4 rings (SSSR count). The summed E-state index contributed by atoms with van der Waals surface area (Å²) in [6.07, 6.45) is 0. The second kappa shape index (κ2) is 7.73. The molecule has 1 aliphatic rings. The zero-order valence-electron chi connectivity index (χ0n) is 15.0. The van der Waals surface area contributed by atoms with E-state index in [1.165, 1.54) is 12.1 Å². The largest absolute Gasteiger partial charge is 0.451 e. The molecule has 28 heavy (non-hydrogen) atoms. The summed E-state index contributed by atoms with van der Waals surface area (Å²) in [5.74, 6) is -0.607. The molecule has 1 aromatic heterocycles. The summed E-state index contributed by atoms with van der Waals surface area (Å²) in [5, 5.41) is 0.849. The van der Waals surface area contributed by atoms with E-state index >= 15 is 0 Å². The first-order chi connectivity index (χ1) is 13.5. The van der Waals surface area contributed by atoms with Crippen LogP contribution in [0.2, 0.25) is 5.02 Å². The van der Waals surface area contributed by atoms with Gasteiger partial charge >= 0.3 is 0 Å². The Hall–Kier alpha value is -2.70. The second-order valence-corrected chi connectivity index (χ2v) is 7.15. The van der Waals surface area contributed by atoms with E-state index in [9.17, 15) is 14.0 Å². The molecule has 1 aliphatic heterocycles. The number of nitrogens with zero attached hydrogens (tertiary/aromatic N) is 2. The molecular weight excluding hydrogens is 383 g/mol. The lowest BCUT2D eigenvalue weighted by molar-refractivity contribution is 0.0597. The predicted molar refractivity (Wildman–Crippen MR) is 105 cm³/mol. The molecule has 0 saturated carbocycles. The quantitative estimate of drug-likeness (QED) is 0.674. The number of amides is 1. The van der Waals surface area contributed by atoms with Crippen molar-refractivity contribution in [2.45, 2.75) is 6.54 Å². The molecule has 2 aromatic carbocycles. The summed E-state index contributed by atoms with van der Waals surface area (Å²) in [5.41, 5.74) is 0.619. The molecule has 0 radical (unpaired) electrons. The summed E-state index contributed by atoms with van der Waals surface area (Å²) in [6, 6.07) is 12.7. The maximum atomic E-state index is 14.0. The number of fused-ring (bicyclic) bond motifs is 1. The second-order valence-electron chi connectivity index (χ2n) is 6.74. The van der Waals surface area contributed by atoms with Crippen molar-refractivity contribution in [1.82, 2.24) is 9.80 Å². The molecule has 7 heteroatoms. The molecule has 0 spiro atoms. The van der Waals surface area contributed by atoms with E-state index in [0.29, 0.717) is 54.3 Å². The van der Waals surface area contributed by atoms with Gasteiger partial charge in [-0.1, -0.05) is 29.8 Å². The Morgan fingerprint density at radius 3 is 2.57 bits per heavy atom. The fraction of sp³-hybridized carbons (Fsp3) is 0.238. The van der Waals surface area contributed by atoms with Crippen molar-refractivity contribution in [3.8, 4) is 0 Å². The third kappa shape index (κ3) is 3.66. The number of halogens is 2. The van der Waals surface area contributed by atoms with Crippen LogP contribution in [0.3, 0.4) is 0 Å². The predicted octanol–water partition coefficient (Wildman–Crippen LogP) is 3.54. The number of carbonyl (C=O) groups is 1. The highest BCUT2D eigenvalue weighted by molar-refractivity contribution is 6.31. The molecule has 2 heterocycles. The van der Waals surface area contributed by atoms with Gasteiger partial charge in [0.05, 0.1) is 5.39 Å². The number of para-hydroxylation sites is 1. The van der Waals surface area contributed by atoms with E-state index in [1.54, 1.807) is 41.3 Å². The molecule has 3 aromatic rings. The fourth-order valence-electron chi connectivity index (χ4n) is 3.38. The van der Waals surface area contributed by atoms with Crippen molar-refractivity contribution in [2.75, 3.05) is 26.2 Å². The number of rotatable bonds is 3. The van der Waals surface area contributed by atoms with Gasteiger partial charge in [-0.05, 0) is 24.3 Å². The number of hydrogen-bond donors (Lipinski definition) is 0. The molecule has 0 aliphatic carbocycles. The number of carbonyl (C=O) groups excluding carboxylic acids is 1. The van der Waals surface area contributed by atoms with Gasteiger partial charge in [0.15, 0.2) is 11.2 Å². The third-order valence-electron chi connectivity index (χ3n) is 4.95. The minimum absolute atomic E-state index is 0.0364. The van der Waals surface area contributed by atoms with Crippen LogP contribution in [0.15, 0.2) is 57.7 Å². The zero-order valence-corrected chi connectivity index (χ0v) is 15.8. The molecule has 0 unspecified atom stereocenters. The third-order valence-corrected chi connectivity index (χ3v) is 5.30. The standard InChI is InChI=1S/C21H18ClFN2O3/c22-16-5-3-6-17(23)15(16)13-24-8-10-25(11-9-24)21(27)20-12-18(26)14-4-1-2-7-19(14)28-20/h1-7,12H,8-11,13H2. The van der Waals surface area contributed by atoms with E-state index in [-0.39, 0.29) is 22.9 Å². The van der Waals surface area contributed by atoms with Gasteiger partial charge in [-0.25, -0.2) is 4.39 Å². The SMILES string of the molecule is O=C(c1cc(=O)c2ccccc2o1)N1CCN(Cc2c(F)cccc2Cl)CC1. The molecule has 0 N–H and O–H groups in total. The van der Waals surface area contributed by atoms with Crippen LogP contribution in [0.4, 0.5) is 4.39 Å². The summed E-state index contributed by atoms with van der Waals surface area (Å²) in [4.78, 5) is 28.7. The van der Waals surface area contributed by atoms with Crippen molar-refractivity contribution in [3.63, 3.8) is 0 Å². The molecule has 144 valence electrons. The van der Waals surface area contributed by atoms with E-state index in [4.69, 9.17) is 16.0 Å². The number of piperazine rings is 1. The summed E-state index contributed by atoms with van der Waals surface area (Å²) in [6.45, 7) is 2.46. The highest BCUT2D eigenvalue weighted by atomic mass is 35.5. The molecule has 0 atom stereocenters. The molecular formula is C21H18ClFN2O3. The van der Waals surface area contributed by atoms with Crippen molar-refractivity contribution < 1.29 is 13.6 Å². The van der Waals surface area contributed by atoms with Crippen LogP contribution in [-0.2, 0) is 6.54 Å². The minimum atomic E-state index is -0.330. The molecule has 1 amide bonds. The van der Waals surface area contributed by atoms with E-state index < -0.39 is 0 Å². The lowest BCUT2D eigenvalue weighted by Gasteiger charge is -2.34. The Kier molecular flexibility index (Phi) is 5.15. The van der Waals surface area contributed by atoms with Gasteiger partial charge in [0.25, 0.3) is 5.91 Å². The van der Waals surface area contributed by atoms with Crippen LogP contribution >= 0.6 is 11.6 Å².